The molecule has 0 atom stereocenters. The van der Waals surface area contributed by atoms with Gasteiger partial charge in [0.25, 0.3) is 5.91 Å². The number of halogens is 1. The summed E-state index contributed by atoms with van der Waals surface area (Å²) >= 11 is 5.89. The Labute approximate surface area is 174 Å². The van der Waals surface area contributed by atoms with Crippen LogP contribution < -0.4 is 5.32 Å². The zero-order valence-electron chi connectivity index (χ0n) is 16.0. The van der Waals surface area contributed by atoms with Crippen LogP contribution in [0.4, 0.5) is 0 Å². The van der Waals surface area contributed by atoms with Crippen molar-refractivity contribution in [1.29, 1.82) is 0 Å². The first kappa shape index (κ1) is 19.7. The molecule has 4 rings (SSSR count). The molecule has 0 saturated carbocycles. The van der Waals surface area contributed by atoms with Crippen LogP contribution in [0.1, 0.15) is 34.5 Å². The van der Waals surface area contributed by atoms with Crippen molar-refractivity contribution in [3.63, 3.8) is 0 Å². The fourth-order valence-electron chi connectivity index (χ4n) is 3.67. The van der Waals surface area contributed by atoms with E-state index < -0.39 is 0 Å². The molecule has 1 amide bonds. The van der Waals surface area contributed by atoms with Crippen molar-refractivity contribution in [2.24, 2.45) is 5.92 Å². The molecule has 1 fully saturated rings. The lowest BCUT2D eigenvalue weighted by atomic mass is 9.94. The lowest BCUT2D eigenvalue weighted by Gasteiger charge is -2.21. The molecule has 29 heavy (non-hydrogen) atoms. The molecular weight excluding hydrogens is 388 g/mol. The summed E-state index contributed by atoms with van der Waals surface area (Å²) in [4.78, 5) is 17.2. The standard InChI is InChI=1S/C23H23ClN2O3/c24-18-4-1-16(2-5-18)13-26-23(28)20-6-3-17-14-25-19(12-21(17)22(20)27)11-15-7-9-29-10-8-15/h1-6,12,14-15,27H,7-11,13H2,(H,26,28). The van der Waals surface area contributed by atoms with Crippen molar-refractivity contribution in [2.45, 2.75) is 25.8 Å². The molecule has 0 radical (unpaired) electrons. The normalized spacial score (nSPS) is 14.8. The van der Waals surface area contributed by atoms with Crippen LogP contribution in [0.15, 0.2) is 48.7 Å². The Hall–Kier alpha value is -2.63. The van der Waals surface area contributed by atoms with Crippen LogP contribution in [0, 0.1) is 5.92 Å². The highest BCUT2D eigenvalue weighted by atomic mass is 35.5. The number of aromatic nitrogens is 1. The average Bonchev–Trinajstić information content (AvgIpc) is 2.74. The fraction of sp³-hybridized carbons (Fsp3) is 0.304. The minimum Gasteiger partial charge on any atom is -0.506 e. The highest BCUT2D eigenvalue weighted by Gasteiger charge is 2.17. The Bertz CT molecular complexity index is 1010. The molecule has 150 valence electrons. The Morgan fingerprint density at radius 3 is 2.69 bits per heavy atom. The van der Waals surface area contributed by atoms with Crippen LogP contribution in [0.5, 0.6) is 5.75 Å². The van der Waals surface area contributed by atoms with Crippen molar-refractivity contribution < 1.29 is 14.6 Å². The van der Waals surface area contributed by atoms with Gasteiger partial charge in [-0.1, -0.05) is 29.8 Å². The molecule has 1 saturated heterocycles. The highest BCUT2D eigenvalue weighted by molar-refractivity contribution is 6.30. The van der Waals surface area contributed by atoms with E-state index in [1.807, 2.05) is 24.3 Å². The van der Waals surface area contributed by atoms with Crippen molar-refractivity contribution in [3.8, 4) is 5.75 Å². The van der Waals surface area contributed by atoms with Gasteiger partial charge < -0.3 is 15.2 Å². The van der Waals surface area contributed by atoms with E-state index in [-0.39, 0.29) is 17.2 Å². The van der Waals surface area contributed by atoms with Gasteiger partial charge >= 0.3 is 0 Å². The number of fused-ring (bicyclic) bond motifs is 1. The lowest BCUT2D eigenvalue weighted by Crippen LogP contribution is -2.22. The van der Waals surface area contributed by atoms with Gasteiger partial charge in [-0.2, -0.15) is 0 Å². The van der Waals surface area contributed by atoms with E-state index in [4.69, 9.17) is 16.3 Å². The maximum absolute atomic E-state index is 12.6. The average molecular weight is 411 g/mol. The second kappa shape index (κ2) is 8.80. The van der Waals surface area contributed by atoms with Gasteiger partial charge in [0.1, 0.15) is 5.75 Å². The first-order chi connectivity index (χ1) is 14.1. The number of hydrogen-bond acceptors (Lipinski definition) is 4. The van der Waals surface area contributed by atoms with Gasteiger partial charge in [0.15, 0.2) is 0 Å². The zero-order valence-corrected chi connectivity index (χ0v) is 16.8. The molecule has 5 nitrogen and oxygen atoms in total. The second-order valence-corrected chi connectivity index (χ2v) is 7.86. The maximum Gasteiger partial charge on any atom is 0.255 e. The Morgan fingerprint density at radius 2 is 1.93 bits per heavy atom. The number of rotatable bonds is 5. The van der Waals surface area contributed by atoms with Gasteiger partial charge in [0.05, 0.1) is 5.56 Å². The molecule has 2 aromatic carbocycles. The molecule has 1 aromatic heterocycles. The van der Waals surface area contributed by atoms with Crippen molar-refractivity contribution in [1.82, 2.24) is 10.3 Å². The quantitative estimate of drug-likeness (QED) is 0.650. The molecule has 0 unspecified atom stereocenters. The molecule has 1 aliphatic rings. The predicted octanol–water partition coefficient (Wildman–Crippen LogP) is 4.49. The van der Waals surface area contributed by atoms with Crippen LogP contribution in [-0.2, 0) is 17.7 Å². The highest BCUT2D eigenvalue weighted by Crippen LogP contribution is 2.30. The molecule has 0 aliphatic carbocycles. The Kier molecular flexibility index (Phi) is 5.97. The number of benzene rings is 2. The van der Waals surface area contributed by atoms with Crippen LogP contribution in [0.3, 0.4) is 0 Å². The SMILES string of the molecule is O=C(NCc1ccc(Cl)cc1)c1ccc2cnc(CC3CCOCC3)cc2c1O. The van der Waals surface area contributed by atoms with Gasteiger partial charge in [0.2, 0.25) is 0 Å². The largest absolute Gasteiger partial charge is 0.506 e. The third-order valence-corrected chi connectivity index (χ3v) is 5.63. The van der Waals surface area contributed by atoms with Gasteiger partial charge in [-0.25, -0.2) is 0 Å². The third-order valence-electron chi connectivity index (χ3n) is 5.38. The van der Waals surface area contributed by atoms with Crippen molar-refractivity contribution >= 4 is 28.3 Å². The number of nitrogens with one attached hydrogen (secondary N) is 1. The first-order valence-corrected chi connectivity index (χ1v) is 10.2. The minimum atomic E-state index is -0.317. The first-order valence-electron chi connectivity index (χ1n) is 9.81. The second-order valence-electron chi connectivity index (χ2n) is 7.43. The molecule has 0 spiro atoms. The van der Waals surface area contributed by atoms with E-state index in [1.54, 1.807) is 24.4 Å². The summed E-state index contributed by atoms with van der Waals surface area (Å²) in [7, 11) is 0. The number of hydrogen-bond donors (Lipinski definition) is 2. The smallest absolute Gasteiger partial charge is 0.255 e. The van der Waals surface area contributed by atoms with Crippen LogP contribution >= 0.6 is 11.6 Å². The number of carbonyl (C=O) groups is 1. The number of nitrogens with zero attached hydrogens (tertiary/aromatic N) is 1. The number of phenols is 1. The van der Waals surface area contributed by atoms with Crippen molar-refractivity contribution in [2.75, 3.05) is 13.2 Å². The predicted molar refractivity (Wildman–Crippen MR) is 113 cm³/mol. The van der Waals surface area contributed by atoms with E-state index in [9.17, 15) is 9.90 Å². The summed E-state index contributed by atoms with van der Waals surface area (Å²) in [5.41, 5.74) is 2.12. The van der Waals surface area contributed by atoms with E-state index >= 15 is 0 Å². The van der Waals surface area contributed by atoms with Gasteiger partial charge in [-0.3, -0.25) is 9.78 Å². The number of carbonyl (C=O) groups excluding carboxylic acids is 1. The van der Waals surface area contributed by atoms with Gasteiger partial charge in [-0.05, 0) is 55.0 Å². The Morgan fingerprint density at radius 1 is 1.17 bits per heavy atom. The van der Waals surface area contributed by atoms with Crippen LogP contribution in [0.2, 0.25) is 5.02 Å². The van der Waals surface area contributed by atoms with E-state index in [0.29, 0.717) is 22.9 Å². The topological polar surface area (TPSA) is 71.5 Å². The number of pyridine rings is 1. The minimum absolute atomic E-state index is 0.00765. The summed E-state index contributed by atoms with van der Waals surface area (Å²) in [6.45, 7) is 1.95. The fourth-order valence-corrected chi connectivity index (χ4v) is 3.79. The Balaban J connectivity index is 1.52. The summed E-state index contributed by atoms with van der Waals surface area (Å²) in [6, 6.07) is 12.6. The van der Waals surface area contributed by atoms with Gasteiger partial charge in [-0.15, -0.1) is 0 Å². The van der Waals surface area contributed by atoms with Gasteiger partial charge in [0, 0.05) is 47.4 Å². The summed E-state index contributed by atoms with van der Waals surface area (Å²) in [6.07, 6.45) is 4.67. The van der Waals surface area contributed by atoms with Crippen LogP contribution in [-0.4, -0.2) is 29.2 Å². The number of phenolic OH excluding ortho intramolecular Hbond substituents is 1. The molecule has 0 bridgehead atoms. The molecule has 2 N–H and O–H groups in total. The number of amides is 1. The lowest BCUT2D eigenvalue weighted by molar-refractivity contribution is 0.0663. The summed E-state index contributed by atoms with van der Waals surface area (Å²) in [5.74, 6) is 0.218. The molecule has 2 heterocycles. The number of ether oxygens (including phenoxy) is 1. The van der Waals surface area contributed by atoms with E-state index in [1.165, 1.54) is 0 Å². The molecular formula is C23H23ClN2O3. The molecule has 6 heteroatoms. The summed E-state index contributed by atoms with van der Waals surface area (Å²) in [5, 5.41) is 15.7. The van der Waals surface area contributed by atoms with E-state index in [0.717, 1.165) is 49.1 Å². The molecule has 3 aromatic rings. The third kappa shape index (κ3) is 4.69. The van der Waals surface area contributed by atoms with E-state index in [2.05, 4.69) is 10.3 Å². The molecule has 1 aliphatic heterocycles. The summed E-state index contributed by atoms with van der Waals surface area (Å²) < 4.78 is 5.42. The zero-order chi connectivity index (χ0) is 20.2. The number of aromatic hydroxyl groups is 1. The van der Waals surface area contributed by atoms with Crippen molar-refractivity contribution in [3.05, 3.63) is 70.5 Å². The maximum atomic E-state index is 12.6. The monoisotopic (exact) mass is 410 g/mol. The van der Waals surface area contributed by atoms with Crippen LogP contribution in [0.25, 0.3) is 10.8 Å².